The summed E-state index contributed by atoms with van der Waals surface area (Å²) in [7, 11) is 0. The van der Waals surface area contributed by atoms with E-state index in [9.17, 15) is 13.2 Å². The molecular formula is C11H10F3NO. The molecular weight excluding hydrogens is 219 g/mol. The fraction of sp³-hybridized carbons (Fsp3) is 0.364. The van der Waals surface area contributed by atoms with Crippen molar-refractivity contribution in [2.24, 2.45) is 0 Å². The van der Waals surface area contributed by atoms with Gasteiger partial charge in [0.1, 0.15) is 0 Å². The van der Waals surface area contributed by atoms with Gasteiger partial charge in [-0.1, -0.05) is 18.2 Å². The molecule has 0 aliphatic carbocycles. The predicted molar refractivity (Wildman–Crippen MR) is 51.4 cm³/mol. The van der Waals surface area contributed by atoms with Crippen LogP contribution in [0.15, 0.2) is 24.3 Å². The van der Waals surface area contributed by atoms with Gasteiger partial charge in [0, 0.05) is 12.2 Å². The van der Waals surface area contributed by atoms with E-state index in [0.717, 1.165) is 6.07 Å². The number of ether oxygens (including phenoxy) is 1. The number of hydrogen-bond donors (Lipinski definition) is 0. The van der Waals surface area contributed by atoms with Crippen molar-refractivity contribution in [2.75, 3.05) is 6.61 Å². The summed E-state index contributed by atoms with van der Waals surface area (Å²) >= 11 is 0. The van der Waals surface area contributed by atoms with Crippen LogP contribution in [0.4, 0.5) is 13.2 Å². The minimum absolute atomic E-state index is 0.139. The lowest BCUT2D eigenvalue weighted by Crippen LogP contribution is -2.13. The molecule has 0 fully saturated rings. The monoisotopic (exact) mass is 229 g/mol. The molecule has 1 rings (SSSR count). The lowest BCUT2D eigenvalue weighted by atomic mass is 10.0. The maximum absolute atomic E-state index is 12.6. The average molecular weight is 229 g/mol. The van der Waals surface area contributed by atoms with Crippen molar-refractivity contribution in [2.45, 2.75) is 19.2 Å². The van der Waals surface area contributed by atoms with Gasteiger partial charge in [-0.3, -0.25) is 0 Å². The van der Waals surface area contributed by atoms with Crippen LogP contribution in [0.2, 0.25) is 0 Å². The Morgan fingerprint density at radius 3 is 2.50 bits per heavy atom. The molecule has 0 aromatic heterocycles. The van der Waals surface area contributed by atoms with E-state index < -0.39 is 17.8 Å². The summed E-state index contributed by atoms with van der Waals surface area (Å²) in [5.74, 6) is 0. The lowest BCUT2D eigenvalue weighted by molar-refractivity contribution is -0.139. The summed E-state index contributed by atoms with van der Waals surface area (Å²) in [6.45, 7) is 1.81. The largest absolute Gasteiger partial charge is 0.416 e. The Morgan fingerprint density at radius 2 is 2.00 bits per heavy atom. The van der Waals surface area contributed by atoms with Crippen molar-refractivity contribution < 1.29 is 17.9 Å². The first kappa shape index (κ1) is 12.5. The SMILES string of the molecule is CCOC(C#N)c1ccccc1C(F)(F)F. The van der Waals surface area contributed by atoms with Crippen LogP contribution >= 0.6 is 0 Å². The van der Waals surface area contributed by atoms with Gasteiger partial charge in [0.2, 0.25) is 0 Å². The van der Waals surface area contributed by atoms with Crippen LogP contribution in [-0.4, -0.2) is 6.61 Å². The highest BCUT2D eigenvalue weighted by atomic mass is 19.4. The zero-order valence-electron chi connectivity index (χ0n) is 8.58. The molecule has 1 aromatic rings. The van der Waals surface area contributed by atoms with Crippen molar-refractivity contribution in [3.63, 3.8) is 0 Å². The van der Waals surface area contributed by atoms with Crippen LogP contribution < -0.4 is 0 Å². The minimum Gasteiger partial charge on any atom is -0.359 e. The second-order valence-corrected chi connectivity index (χ2v) is 3.05. The summed E-state index contributed by atoms with van der Waals surface area (Å²) in [6.07, 6.45) is -5.65. The van der Waals surface area contributed by atoms with Crippen LogP contribution in [0.25, 0.3) is 0 Å². The molecule has 1 aromatic carbocycles. The van der Waals surface area contributed by atoms with Crippen LogP contribution in [0, 0.1) is 11.3 Å². The van der Waals surface area contributed by atoms with Gasteiger partial charge in [0.25, 0.3) is 0 Å². The quantitative estimate of drug-likeness (QED) is 0.796. The van der Waals surface area contributed by atoms with Gasteiger partial charge >= 0.3 is 6.18 Å². The Kier molecular flexibility index (Phi) is 3.91. The molecule has 16 heavy (non-hydrogen) atoms. The summed E-state index contributed by atoms with van der Waals surface area (Å²) in [4.78, 5) is 0. The van der Waals surface area contributed by atoms with E-state index in [0.29, 0.717) is 0 Å². The third-order valence-electron chi connectivity index (χ3n) is 2.00. The second-order valence-electron chi connectivity index (χ2n) is 3.05. The third kappa shape index (κ3) is 2.74. The van der Waals surface area contributed by atoms with Gasteiger partial charge in [-0.15, -0.1) is 0 Å². The van der Waals surface area contributed by atoms with Gasteiger partial charge in [-0.2, -0.15) is 18.4 Å². The molecule has 0 aliphatic rings. The Morgan fingerprint density at radius 1 is 1.38 bits per heavy atom. The first-order valence-corrected chi connectivity index (χ1v) is 4.68. The molecule has 0 saturated heterocycles. The summed E-state index contributed by atoms with van der Waals surface area (Å²) < 4.78 is 42.8. The number of hydrogen-bond acceptors (Lipinski definition) is 2. The molecule has 0 spiro atoms. The van der Waals surface area contributed by atoms with E-state index in [1.54, 1.807) is 13.0 Å². The minimum atomic E-state index is -4.47. The molecule has 86 valence electrons. The van der Waals surface area contributed by atoms with E-state index in [1.165, 1.54) is 18.2 Å². The maximum Gasteiger partial charge on any atom is 0.416 e. The number of nitrogens with zero attached hydrogens (tertiary/aromatic N) is 1. The van der Waals surface area contributed by atoms with E-state index in [4.69, 9.17) is 10.00 Å². The third-order valence-corrected chi connectivity index (χ3v) is 2.00. The molecule has 0 heterocycles. The second kappa shape index (κ2) is 4.99. The first-order chi connectivity index (χ1) is 7.50. The zero-order valence-corrected chi connectivity index (χ0v) is 8.58. The number of halogens is 3. The normalized spacial score (nSPS) is 13.2. The van der Waals surface area contributed by atoms with Gasteiger partial charge in [0.05, 0.1) is 11.6 Å². The van der Waals surface area contributed by atoms with Crippen LogP contribution in [0.1, 0.15) is 24.2 Å². The summed E-state index contributed by atoms with van der Waals surface area (Å²) in [5, 5.41) is 8.76. The molecule has 0 amide bonds. The van der Waals surface area contributed by atoms with E-state index in [-0.39, 0.29) is 12.2 Å². The molecule has 0 bridgehead atoms. The molecule has 5 heteroatoms. The highest BCUT2D eigenvalue weighted by Gasteiger charge is 2.35. The average Bonchev–Trinajstić information content (AvgIpc) is 2.25. The van der Waals surface area contributed by atoms with Gasteiger partial charge in [0.15, 0.2) is 6.10 Å². The Labute approximate surface area is 91.3 Å². The molecule has 2 nitrogen and oxygen atoms in total. The number of alkyl halides is 3. The Hall–Kier alpha value is -1.54. The molecule has 0 aliphatic heterocycles. The molecule has 0 N–H and O–H groups in total. The molecule has 1 unspecified atom stereocenters. The number of rotatable bonds is 3. The van der Waals surface area contributed by atoms with Crippen molar-refractivity contribution in [1.29, 1.82) is 5.26 Å². The summed E-state index contributed by atoms with van der Waals surface area (Å²) in [5.41, 5.74) is -0.964. The van der Waals surface area contributed by atoms with Crippen molar-refractivity contribution >= 4 is 0 Å². The van der Waals surface area contributed by atoms with Crippen LogP contribution in [-0.2, 0) is 10.9 Å². The fourth-order valence-corrected chi connectivity index (χ4v) is 1.35. The lowest BCUT2D eigenvalue weighted by Gasteiger charge is -2.16. The smallest absolute Gasteiger partial charge is 0.359 e. The predicted octanol–water partition coefficient (Wildman–Crippen LogP) is 3.31. The van der Waals surface area contributed by atoms with Gasteiger partial charge in [-0.05, 0) is 13.0 Å². The highest BCUT2D eigenvalue weighted by molar-refractivity contribution is 5.34. The topological polar surface area (TPSA) is 33.0 Å². The number of nitriles is 1. The molecule has 0 radical (unpaired) electrons. The van der Waals surface area contributed by atoms with Crippen LogP contribution in [0.5, 0.6) is 0 Å². The van der Waals surface area contributed by atoms with E-state index >= 15 is 0 Å². The van der Waals surface area contributed by atoms with Crippen molar-refractivity contribution in [3.05, 3.63) is 35.4 Å². The van der Waals surface area contributed by atoms with E-state index in [2.05, 4.69) is 0 Å². The maximum atomic E-state index is 12.6. The molecule has 1 atom stereocenters. The van der Waals surface area contributed by atoms with E-state index in [1.807, 2.05) is 0 Å². The standard InChI is InChI=1S/C11H10F3NO/c1-2-16-10(7-15)8-5-3-4-6-9(8)11(12,13)14/h3-6,10H,2H2,1H3. The van der Waals surface area contributed by atoms with Crippen molar-refractivity contribution in [3.8, 4) is 6.07 Å². The van der Waals surface area contributed by atoms with Gasteiger partial charge < -0.3 is 4.74 Å². The zero-order chi connectivity index (χ0) is 12.2. The Balaban J connectivity index is 3.18. The Bertz CT molecular complexity index is 395. The number of benzene rings is 1. The van der Waals surface area contributed by atoms with Crippen molar-refractivity contribution in [1.82, 2.24) is 0 Å². The highest BCUT2D eigenvalue weighted by Crippen LogP contribution is 2.35. The van der Waals surface area contributed by atoms with Gasteiger partial charge in [-0.25, -0.2) is 0 Å². The summed E-state index contributed by atoms with van der Waals surface area (Å²) in [6, 6.07) is 6.65. The molecule has 0 saturated carbocycles. The fourth-order valence-electron chi connectivity index (χ4n) is 1.35. The first-order valence-electron chi connectivity index (χ1n) is 4.68. The van der Waals surface area contributed by atoms with Crippen LogP contribution in [0.3, 0.4) is 0 Å².